The van der Waals surface area contributed by atoms with Crippen molar-refractivity contribution in [1.29, 1.82) is 0 Å². The van der Waals surface area contributed by atoms with Crippen molar-refractivity contribution in [1.82, 2.24) is 10.3 Å². The molecule has 0 bridgehead atoms. The van der Waals surface area contributed by atoms with Crippen LogP contribution in [0.5, 0.6) is 0 Å². The molecule has 0 spiro atoms. The van der Waals surface area contributed by atoms with E-state index in [4.69, 9.17) is 4.84 Å². The lowest BCUT2D eigenvalue weighted by atomic mass is 10.0. The van der Waals surface area contributed by atoms with E-state index in [9.17, 15) is 13.6 Å². The number of rotatable bonds is 5. The van der Waals surface area contributed by atoms with Gasteiger partial charge in [0.05, 0.1) is 12.3 Å². The van der Waals surface area contributed by atoms with Gasteiger partial charge >= 0.3 is 0 Å². The standard InChI is InChI=1S/C21H17F2N3O2/c22-15-7-13(8-16(23)10-15)9-18-11-17(26-28-18)12-25-21(27)20-19-4-2-1-3-14(19)5-6-24-20/h1-8,10,18H,9,11-12H2,(H,25,27). The van der Waals surface area contributed by atoms with Gasteiger partial charge in [-0.1, -0.05) is 29.4 Å². The Kier molecular flexibility index (Phi) is 4.97. The molecule has 1 unspecified atom stereocenters. The van der Waals surface area contributed by atoms with Gasteiger partial charge in [-0.05, 0) is 29.1 Å². The minimum Gasteiger partial charge on any atom is -0.392 e. The smallest absolute Gasteiger partial charge is 0.270 e. The maximum atomic E-state index is 13.3. The van der Waals surface area contributed by atoms with Gasteiger partial charge in [0.15, 0.2) is 0 Å². The van der Waals surface area contributed by atoms with Crippen molar-refractivity contribution in [2.24, 2.45) is 5.16 Å². The Morgan fingerprint density at radius 3 is 2.75 bits per heavy atom. The van der Waals surface area contributed by atoms with Crippen LogP contribution in [0.3, 0.4) is 0 Å². The van der Waals surface area contributed by atoms with E-state index in [1.54, 1.807) is 6.20 Å². The van der Waals surface area contributed by atoms with Crippen LogP contribution >= 0.6 is 0 Å². The van der Waals surface area contributed by atoms with Crippen molar-refractivity contribution in [3.05, 3.63) is 77.6 Å². The molecule has 1 aromatic heterocycles. The first-order valence-electron chi connectivity index (χ1n) is 8.87. The number of pyridine rings is 1. The second kappa shape index (κ2) is 7.72. The Morgan fingerprint density at radius 2 is 1.93 bits per heavy atom. The van der Waals surface area contributed by atoms with Crippen LogP contribution in [0.15, 0.2) is 59.9 Å². The van der Waals surface area contributed by atoms with Gasteiger partial charge in [-0.2, -0.15) is 0 Å². The molecule has 2 aromatic carbocycles. The molecular weight excluding hydrogens is 364 g/mol. The van der Waals surface area contributed by atoms with E-state index >= 15 is 0 Å². The number of hydrogen-bond donors (Lipinski definition) is 1. The number of carbonyl (C=O) groups is 1. The zero-order valence-electron chi connectivity index (χ0n) is 14.9. The van der Waals surface area contributed by atoms with Crippen LogP contribution in [0.25, 0.3) is 10.8 Å². The lowest BCUT2D eigenvalue weighted by Gasteiger charge is -2.09. The third kappa shape index (κ3) is 3.98. The van der Waals surface area contributed by atoms with E-state index in [0.29, 0.717) is 29.8 Å². The number of carbonyl (C=O) groups excluding carboxylic acids is 1. The number of oxime groups is 1. The van der Waals surface area contributed by atoms with Crippen molar-refractivity contribution in [2.75, 3.05) is 6.54 Å². The first-order valence-corrected chi connectivity index (χ1v) is 8.87. The lowest BCUT2D eigenvalue weighted by molar-refractivity contribution is 0.0858. The Hall–Kier alpha value is -3.35. The SMILES string of the molecule is O=C(NCC1=NOC(Cc2cc(F)cc(F)c2)C1)c1nccc2ccccc12. The third-order valence-corrected chi connectivity index (χ3v) is 4.52. The number of nitrogens with zero attached hydrogens (tertiary/aromatic N) is 2. The topological polar surface area (TPSA) is 63.6 Å². The lowest BCUT2D eigenvalue weighted by Crippen LogP contribution is -2.30. The molecule has 3 aromatic rings. The highest BCUT2D eigenvalue weighted by molar-refractivity contribution is 6.06. The highest BCUT2D eigenvalue weighted by Gasteiger charge is 2.22. The first-order chi connectivity index (χ1) is 13.6. The summed E-state index contributed by atoms with van der Waals surface area (Å²) < 4.78 is 26.6. The fourth-order valence-electron chi connectivity index (χ4n) is 3.26. The normalized spacial score (nSPS) is 15.9. The molecule has 0 radical (unpaired) electrons. The molecule has 1 N–H and O–H groups in total. The first kappa shape index (κ1) is 18.0. The second-order valence-corrected chi connectivity index (χ2v) is 6.63. The molecule has 1 atom stereocenters. The summed E-state index contributed by atoms with van der Waals surface area (Å²) in [6, 6.07) is 12.8. The molecule has 0 fully saturated rings. The van der Waals surface area contributed by atoms with Gasteiger partial charge in [0.2, 0.25) is 0 Å². The van der Waals surface area contributed by atoms with E-state index in [-0.39, 0.29) is 18.6 Å². The third-order valence-electron chi connectivity index (χ3n) is 4.52. The van der Waals surface area contributed by atoms with Crippen LogP contribution in [0, 0.1) is 11.6 Å². The van der Waals surface area contributed by atoms with Crippen LogP contribution in [-0.4, -0.2) is 29.3 Å². The molecule has 5 nitrogen and oxygen atoms in total. The number of hydrogen-bond acceptors (Lipinski definition) is 4. The highest BCUT2D eigenvalue weighted by atomic mass is 19.1. The Morgan fingerprint density at radius 1 is 1.14 bits per heavy atom. The minimum atomic E-state index is -0.621. The zero-order chi connectivity index (χ0) is 19.5. The summed E-state index contributed by atoms with van der Waals surface area (Å²) in [5, 5.41) is 8.50. The number of halogens is 2. The maximum Gasteiger partial charge on any atom is 0.270 e. The quantitative estimate of drug-likeness (QED) is 0.734. The summed E-state index contributed by atoms with van der Waals surface area (Å²) in [5.41, 5.74) is 1.52. The molecular formula is C21H17F2N3O2. The fraction of sp³-hybridized carbons (Fsp3) is 0.190. The minimum absolute atomic E-state index is 0.220. The summed E-state index contributed by atoms with van der Waals surface area (Å²) in [6.45, 7) is 0.220. The van der Waals surface area contributed by atoms with E-state index in [1.807, 2.05) is 30.3 Å². The molecule has 28 heavy (non-hydrogen) atoms. The molecule has 1 aliphatic rings. The molecule has 1 aliphatic heterocycles. The van der Waals surface area contributed by atoms with Crippen molar-refractivity contribution in [2.45, 2.75) is 18.9 Å². The molecule has 1 amide bonds. The maximum absolute atomic E-state index is 13.3. The number of fused-ring (bicyclic) bond motifs is 1. The van der Waals surface area contributed by atoms with Gasteiger partial charge in [0.1, 0.15) is 23.4 Å². The largest absolute Gasteiger partial charge is 0.392 e. The summed E-state index contributed by atoms with van der Waals surface area (Å²) in [4.78, 5) is 22.0. The van der Waals surface area contributed by atoms with Crippen molar-refractivity contribution in [3.8, 4) is 0 Å². The monoisotopic (exact) mass is 381 g/mol. The molecule has 2 heterocycles. The van der Waals surface area contributed by atoms with E-state index in [1.165, 1.54) is 12.1 Å². The molecule has 0 saturated carbocycles. The van der Waals surface area contributed by atoms with Crippen LogP contribution in [0.1, 0.15) is 22.5 Å². The highest BCUT2D eigenvalue weighted by Crippen LogP contribution is 2.19. The van der Waals surface area contributed by atoms with Crippen LogP contribution < -0.4 is 5.32 Å². The Bertz CT molecular complexity index is 1040. The number of aromatic nitrogens is 1. The molecule has 7 heteroatoms. The average molecular weight is 381 g/mol. The van der Waals surface area contributed by atoms with Crippen LogP contribution in [0.2, 0.25) is 0 Å². The predicted molar refractivity (Wildman–Crippen MR) is 101 cm³/mol. The fourth-order valence-corrected chi connectivity index (χ4v) is 3.26. The average Bonchev–Trinajstić information content (AvgIpc) is 3.12. The summed E-state index contributed by atoms with van der Waals surface area (Å²) in [7, 11) is 0. The van der Waals surface area contributed by atoms with Crippen molar-refractivity contribution >= 4 is 22.4 Å². The van der Waals surface area contributed by atoms with Gasteiger partial charge in [-0.3, -0.25) is 9.78 Å². The predicted octanol–water partition coefficient (Wildman–Crippen LogP) is 3.63. The van der Waals surface area contributed by atoms with Crippen LogP contribution in [-0.2, 0) is 11.3 Å². The van der Waals surface area contributed by atoms with E-state index in [0.717, 1.165) is 16.8 Å². The van der Waals surface area contributed by atoms with Gasteiger partial charge < -0.3 is 10.2 Å². The second-order valence-electron chi connectivity index (χ2n) is 6.63. The van der Waals surface area contributed by atoms with Gasteiger partial charge in [-0.25, -0.2) is 8.78 Å². The molecule has 0 saturated heterocycles. The van der Waals surface area contributed by atoms with Crippen molar-refractivity contribution < 1.29 is 18.4 Å². The van der Waals surface area contributed by atoms with Gasteiger partial charge in [-0.15, -0.1) is 0 Å². The Labute approximate surface area is 160 Å². The van der Waals surface area contributed by atoms with E-state index < -0.39 is 11.6 Å². The molecule has 4 rings (SSSR count). The number of benzene rings is 2. The summed E-state index contributed by atoms with van der Waals surface area (Å²) in [5.74, 6) is -1.54. The summed E-state index contributed by atoms with van der Waals surface area (Å²) in [6.07, 6.45) is 2.09. The molecule has 0 aliphatic carbocycles. The Balaban J connectivity index is 1.35. The van der Waals surface area contributed by atoms with Gasteiger partial charge in [0.25, 0.3) is 5.91 Å². The summed E-state index contributed by atoms with van der Waals surface area (Å²) >= 11 is 0. The number of amides is 1. The molecule has 142 valence electrons. The van der Waals surface area contributed by atoms with Crippen LogP contribution in [0.4, 0.5) is 8.78 Å². The number of nitrogens with one attached hydrogen (secondary N) is 1. The van der Waals surface area contributed by atoms with E-state index in [2.05, 4.69) is 15.5 Å². The zero-order valence-corrected chi connectivity index (χ0v) is 14.9. The van der Waals surface area contributed by atoms with Crippen molar-refractivity contribution in [3.63, 3.8) is 0 Å². The van der Waals surface area contributed by atoms with Gasteiger partial charge in [0, 0.05) is 30.5 Å².